The number of hydrogen-bond donors (Lipinski definition) is 0. The standard InChI is InChI=1S/C44H34Cl2Si/c1-47(2,43-25-23-37-33(15-9-17-39(37)43)31-19-21-35(41(45)27-31)29-11-5-3-6-12-29)44-26-24-38-34(16-10-18-40(38)44)32-20-22-36(42(46)28-32)30-13-7-4-8-14-30/h3-28,43-44H,1-2H3. The summed E-state index contributed by atoms with van der Waals surface area (Å²) in [5, 5.41) is 1.55. The minimum atomic E-state index is -1.94. The Morgan fingerprint density at radius 3 is 1.26 bits per heavy atom. The summed E-state index contributed by atoms with van der Waals surface area (Å²) in [6.45, 7) is 5.11. The average Bonchev–Trinajstić information content (AvgIpc) is 3.75. The highest BCUT2D eigenvalue weighted by Gasteiger charge is 2.43. The van der Waals surface area contributed by atoms with Crippen molar-refractivity contribution in [3.05, 3.63) is 178 Å². The lowest BCUT2D eigenvalue weighted by Crippen LogP contribution is -2.40. The molecule has 47 heavy (non-hydrogen) atoms. The van der Waals surface area contributed by atoms with Crippen LogP contribution in [0.3, 0.4) is 0 Å². The van der Waals surface area contributed by atoms with Crippen LogP contribution in [0, 0.1) is 0 Å². The zero-order valence-electron chi connectivity index (χ0n) is 26.4. The first kappa shape index (κ1) is 30.0. The van der Waals surface area contributed by atoms with Crippen LogP contribution in [0.2, 0.25) is 23.1 Å². The molecule has 0 bridgehead atoms. The fourth-order valence-corrected chi connectivity index (χ4v) is 12.0. The third-order valence-corrected chi connectivity index (χ3v) is 15.0. The van der Waals surface area contributed by atoms with Gasteiger partial charge in [0.1, 0.15) is 0 Å². The molecule has 0 spiro atoms. The molecule has 0 saturated heterocycles. The molecule has 0 N–H and O–H groups in total. The molecule has 0 heterocycles. The van der Waals surface area contributed by atoms with Crippen LogP contribution in [-0.4, -0.2) is 8.07 Å². The van der Waals surface area contributed by atoms with Gasteiger partial charge in [-0.3, -0.25) is 0 Å². The predicted molar refractivity (Wildman–Crippen MR) is 206 cm³/mol. The van der Waals surface area contributed by atoms with Gasteiger partial charge in [0, 0.05) is 21.2 Å². The summed E-state index contributed by atoms with van der Waals surface area (Å²) in [5.74, 6) is 0. The quantitative estimate of drug-likeness (QED) is 0.156. The second-order valence-corrected chi connectivity index (χ2v) is 18.9. The van der Waals surface area contributed by atoms with E-state index in [1.807, 2.05) is 12.1 Å². The van der Waals surface area contributed by atoms with Crippen LogP contribution in [0.4, 0.5) is 0 Å². The predicted octanol–water partition coefficient (Wildman–Crippen LogP) is 13.4. The van der Waals surface area contributed by atoms with E-state index in [0.717, 1.165) is 43.4 Å². The summed E-state index contributed by atoms with van der Waals surface area (Å²) in [7, 11) is -1.94. The Balaban J connectivity index is 1.11. The lowest BCUT2D eigenvalue weighted by molar-refractivity contribution is 1.05. The van der Waals surface area contributed by atoms with Crippen LogP contribution in [0.15, 0.2) is 146 Å². The zero-order valence-corrected chi connectivity index (χ0v) is 28.9. The van der Waals surface area contributed by atoms with Gasteiger partial charge in [-0.15, -0.1) is 0 Å². The van der Waals surface area contributed by atoms with Gasteiger partial charge in [-0.05, 0) is 78.8 Å². The zero-order chi connectivity index (χ0) is 32.1. The number of hydrogen-bond acceptors (Lipinski definition) is 0. The lowest BCUT2D eigenvalue weighted by atomic mass is 9.95. The molecule has 8 rings (SSSR count). The Morgan fingerprint density at radius 2 is 0.851 bits per heavy atom. The summed E-state index contributed by atoms with van der Waals surface area (Å²) in [4.78, 5) is 0. The molecule has 2 unspecified atom stereocenters. The molecule has 0 amide bonds. The molecule has 0 fully saturated rings. The van der Waals surface area contributed by atoms with E-state index >= 15 is 0 Å². The molecular weight excluding hydrogens is 627 g/mol. The Kier molecular flexibility index (Phi) is 7.65. The van der Waals surface area contributed by atoms with E-state index in [0.29, 0.717) is 11.1 Å². The Morgan fingerprint density at radius 1 is 0.426 bits per heavy atom. The lowest BCUT2D eigenvalue weighted by Gasteiger charge is -2.35. The molecule has 2 aliphatic rings. The van der Waals surface area contributed by atoms with E-state index in [1.54, 1.807) is 0 Å². The minimum absolute atomic E-state index is 0.403. The molecule has 0 radical (unpaired) electrons. The maximum atomic E-state index is 6.88. The van der Waals surface area contributed by atoms with Crippen LogP contribution in [0.1, 0.15) is 33.3 Å². The van der Waals surface area contributed by atoms with Crippen molar-refractivity contribution in [2.75, 3.05) is 0 Å². The van der Waals surface area contributed by atoms with Gasteiger partial charge in [0.05, 0.1) is 8.07 Å². The summed E-state index contributed by atoms with van der Waals surface area (Å²) in [5.41, 5.74) is 15.5. The smallest absolute Gasteiger partial charge is 0.0715 e. The molecule has 228 valence electrons. The van der Waals surface area contributed by atoms with Gasteiger partial charge in [-0.2, -0.15) is 0 Å². The van der Waals surface area contributed by atoms with Gasteiger partial charge in [0.15, 0.2) is 0 Å². The van der Waals surface area contributed by atoms with Gasteiger partial charge >= 0.3 is 0 Å². The summed E-state index contributed by atoms with van der Waals surface area (Å²) in [6.07, 6.45) is 9.65. The second-order valence-electron chi connectivity index (χ2n) is 13.2. The fraction of sp³-hybridized carbons (Fsp3) is 0.0909. The van der Waals surface area contributed by atoms with Crippen LogP contribution < -0.4 is 0 Å². The number of fused-ring (bicyclic) bond motifs is 2. The molecule has 0 saturated carbocycles. The maximum Gasteiger partial charge on any atom is 0.0715 e. The van der Waals surface area contributed by atoms with Crippen LogP contribution in [0.5, 0.6) is 0 Å². The van der Waals surface area contributed by atoms with Crippen molar-refractivity contribution >= 4 is 43.4 Å². The Labute approximate surface area is 288 Å². The van der Waals surface area contributed by atoms with Crippen LogP contribution >= 0.6 is 23.2 Å². The largest absolute Gasteiger partial charge is 0.0836 e. The monoisotopic (exact) mass is 660 g/mol. The average molecular weight is 662 g/mol. The molecule has 0 aromatic heterocycles. The Hall–Kier alpha value is -4.40. The minimum Gasteiger partial charge on any atom is -0.0836 e. The molecule has 6 aromatic rings. The third-order valence-electron chi connectivity index (χ3n) is 10.2. The van der Waals surface area contributed by atoms with Gasteiger partial charge in [-0.1, -0.05) is 182 Å². The van der Waals surface area contributed by atoms with Crippen molar-refractivity contribution in [2.45, 2.75) is 24.2 Å². The van der Waals surface area contributed by atoms with Crippen molar-refractivity contribution in [3.8, 4) is 44.5 Å². The van der Waals surface area contributed by atoms with E-state index in [2.05, 4.69) is 159 Å². The van der Waals surface area contributed by atoms with E-state index in [4.69, 9.17) is 23.2 Å². The van der Waals surface area contributed by atoms with Crippen molar-refractivity contribution < 1.29 is 0 Å². The first-order valence-corrected chi connectivity index (χ1v) is 20.1. The topological polar surface area (TPSA) is 0 Å². The third kappa shape index (κ3) is 5.24. The number of benzene rings is 6. The van der Waals surface area contributed by atoms with Crippen molar-refractivity contribution in [1.29, 1.82) is 0 Å². The Bertz CT molecular complexity index is 2040. The summed E-state index contributed by atoms with van der Waals surface area (Å²) in [6, 6.07) is 47.3. The van der Waals surface area contributed by atoms with Crippen molar-refractivity contribution in [1.82, 2.24) is 0 Å². The molecular formula is C44H34Cl2Si. The molecule has 0 nitrogen and oxygen atoms in total. The van der Waals surface area contributed by atoms with Crippen molar-refractivity contribution in [3.63, 3.8) is 0 Å². The SMILES string of the molecule is C[Si](C)(C1C=Cc2c(-c3ccc(-c4ccccc4)c(Cl)c3)cccc21)C1C=Cc2c(-c3ccc(-c4ccccc4)c(Cl)c3)cccc21. The van der Waals surface area contributed by atoms with Crippen LogP contribution in [-0.2, 0) is 0 Å². The normalized spacial score (nSPS) is 16.3. The van der Waals surface area contributed by atoms with Gasteiger partial charge in [0.2, 0.25) is 0 Å². The summed E-state index contributed by atoms with van der Waals surface area (Å²) >= 11 is 13.8. The van der Waals surface area contributed by atoms with Gasteiger partial charge in [0.25, 0.3) is 0 Å². The van der Waals surface area contributed by atoms with E-state index in [9.17, 15) is 0 Å². The fourth-order valence-electron chi connectivity index (χ4n) is 7.74. The molecule has 2 aliphatic carbocycles. The summed E-state index contributed by atoms with van der Waals surface area (Å²) < 4.78 is 0. The molecule has 6 aromatic carbocycles. The first-order chi connectivity index (χ1) is 22.9. The van der Waals surface area contributed by atoms with Crippen molar-refractivity contribution in [2.24, 2.45) is 0 Å². The number of halogens is 2. The number of rotatable bonds is 6. The second kappa shape index (κ2) is 12.0. The highest BCUT2D eigenvalue weighted by Crippen LogP contribution is 2.50. The van der Waals surface area contributed by atoms with Crippen LogP contribution in [0.25, 0.3) is 56.7 Å². The van der Waals surface area contributed by atoms with E-state index in [-0.39, 0.29) is 0 Å². The maximum absolute atomic E-state index is 6.88. The molecule has 2 atom stereocenters. The molecule has 0 aliphatic heterocycles. The van der Waals surface area contributed by atoms with Gasteiger partial charge in [-0.25, -0.2) is 0 Å². The molecule has 3 heteroatoms. The van der Waals surface area contributed by atoms with E-state index in [1.165, 1.54) is 33.4 Å². The van der Waals surface area contributed by atoms with E-state index < -0.39 is 8.07 Å². The first-order valence-electron chi connectivity index (χ1n) is 16.2. The number of allylic oxidation sites excluding steroid dienone is 2. The van der Waals surface area contributed by atoms with Gasteiger partial charge < -0.3 is 0 Å². The highest BCUT2D eigenvalue weighted by atomic mass is 35.5. The highest BCUT2D eigenvalue weighted by molar-refractivity contribution is 6.81.